The molecule has 2 aromatic heterocycles. The number of amides is 1. The number of nitrogens with one attached hydrogen (secondary N) is 1. The highest BCUT2D eigenvalue weighted by atomic mass is 32.2. The van der Waals surface area contributed by atoms with Gasteiger partial charge in [0.05, 0.1) is 22.6 Å². The van der Waals surface area contributed by atoms with E-state index in [0.29, 0.717) is 36.2 Å². The van der Waals surface area contributed by atoms with Gasteiger partial charge in [0, 0.05) is 25.9 Å². The molecular weight excluding hydrogens is 452 g/mol. The van der Waals surface area contributed by atoms with Crippen molar-refractivity contribution in [2.75, 3.05) is 25.5 Å². The molecule has 1 N–H and O–H groups in total. The van der Waals surface area contributed by atoms with Crippen LogP contribution >= 0.6 is 11.3 Å². The van der Waals surface area contributed by atoms with Crippen molar-refractivity contribution in [1.82, 2.24) is 14.4 Å². The van der Waals surface area contributed by atoms with Gasteiger partial charge in [-0.2, -0.15) is 9.29 Å². The van der Waals surface area contributed by atoms with E-state index in [-0.39, 0.29) is 23.6 Å². The maximum atomic E-state index is 13.0. The molecule has 1 fully saturated rings. The number of rotatable bonds is 8. The second-order valence-electron chi connectivity index (χ2n) is 7.36. The monoisotopic (exact) mass is 476 g/mol. The number of thiophene rings is 1. The molecule has 3 aromatic rings. The lowest BCUT2D eigenvalue weighted by atomic mass is 10.2. The molecule has 0 spiro atoms. The van der Waals surface area contributed by atoms with E-state index in [1.807, 2.05) is 17.5 Å². The van der Waals surface area contributed by atoms with E-state index >= 15 is 0 Å². The molecule has 0 unspecified atom stereocenters. The summed E-state index contributed by atoms with van der Waals surface area (Å²) in [6.07, 6.45) is 3.09. The fourth-order valence-corrected chi connectivity index (χ4v) is 5.69. The molecule has 1 saturated heterocycles. The Morgan fingerprint density at radius 2 is 2.06 bits per heavy atom. The number of nitrogens with zero attached hydrogens (tertiary/aromatic N) is 3. The number of aromatic nitrogens is 2. The summed E-state index contributed by atoms with van der Waals surface area (Å²) in [6.45, 7) is 1.02. The van der Waals surface area contributed by atoms with Crippen LogP contribution in [0.3, 0.4) is 0 Å². The highest BCUT2D eigenvalue weighted by molar-refractivity contribution is 7.89. The van der Waals surface area contributed by atoms with Crippen LogP contribution in [0.5, 0.6) is 5.75 Å². The Balaban J connectivity index is 1.43. The molecule has 9 nitrogen and oxygen atoms in total. The fourth-order valence-electron chi connectivity index (χ4n) is 3.50. The number of carbonyl (C=O) groups is 1. The van der Waals surface area contributed by atoms with E-state index in [4.69, 9.17) is 9.26 Å². The molecule has 0 bridgehead atoms. The third kappa shape index (κ3) is 5.00. The Hall–Kier alpha value is -2.76. The average molecular weight is 477 g/mol. The molecule has 1 aliphatic rings. The van der Waals surface area contributed by atoms with Crippen molar-refractivity contribution in [3.8, 4) is 16.5 Å². The number of benzene rings is 1. The molecule has 4 rings (SSSR count). The lowest BCUT2D eigenvalue weighted by Crippen LogP contribution is -2.35. The number of hydrogen-bond acceptors (Lipinski definition) is 8. The van der Waals surface area contributed by atoms with Crippen molar-refractivity contribution in [2.24, 2.45) is 0 Å². The van der Waals surface area contributed by atoms with Gasteiger partial charge in [-0.05, 0) is 42.5 Å². The molecule has 1 aromatic carbocycles. The Morgan fingerprint density at radius 3 is 2.78 bits per heavy atom. The molecule has 170 valence electrons. The lowest BCUT2D eigenvalue weighted by Gasteiger charge is -2.26. The van der Waals surface area contributed by atoms with Gasteiger partial charge in [-0.1, -0.05) is 17.6 Å². The molecule has 0 atom stereocenters. The number of hydrogen-bond donors (Lipinski definition) is 1. The molecule has 0 saturated carbocycles. The highest BCUT2D eigenvalue weighted by Crippen LogP contribution is 2.30. The Kier molecular flexibility index (Phi) is 6.87. The van der Waals surface area contributed by atoms with Gasteiger partial charge in [-0.3, -0.25) is 4.79 Å². The van der Waals surface area contributed by atoms with Crippen LogP contribution in [-0.2, 0) is 21.2 Å². The van der Waals surface area contributed by atoms with Crippen molar-refractivity contribution in [3.63, 3.8) is 0 Å². The molecule has 32 heavy (non-hydrogen) atoms. The summed E-state index contributed by atoms with van der Waals surface area (Å²) in [5.41, 5.74) is 0.306. The van der Waals surface area contributed by atoms with Crippen LogP contribution in [0.15, 0.2) is 45.1 Å². The first-order chi connectivity index (χ1) is 15.5. The van der Waals surface area contributed by atoms with E-state index < -0.39 is 10.0 Å². The van der Waals surface area contributed by atoms with Crippen LogP contribution in [0.25, 0.3) is 10.7 Å². The fraction of sp³-hybridized carbons (Fsp3) is 0.381. The number of methoxy groups -OCH3 is 1. The minimum Gasteiger partial charge on any atom is -0.495 e. The van der Waals surface area contributed by atoms with Crippen molar-refractivity contribution in [2.45, 2.75) is 37.0 Å². The van der Waals surface area contributed by atoms with E-state index in [1.54, 1.807) is 6.07 Å². The van der Waals surface area contributed by atoms with Gasteiger partial charge in [0.2, 0.25) is 27.6 Å². The third-order valence-electron chi connectivity index (χ3n) is 5.17. The smallest absolute Gasteiger partial charge is 0.243 e. The summed E-state index contributed by atoms with van der Waals surface area (Å²) in [5.74, 6) is 0.921. The summed E-state index contributed by atoms with van der Waals surface area (Å²) in [6, 6.07) is 8.29. The van der Waals surface area contributed by atoms with Crippen LogP contribution in [0.4, 0.5) is 5.69 Å². The number of aryl methyl sites for hydroxylation is 1. The zero-order valence-electron chi connectivity index (χ0n) is 17.6. The third-order valence-corrected chi connectivity index (χ3v) is 7.93. The van der Waals surface area contributed by atoms with Crippen molar-refractivity contribution in [1.29, 1.82) is 0 Å². The van der Waals surface area contributed by atoms with E-state index in [9.17, 15) is 13.2 Å². The molecular formula is C21H24N4O5S2. The molecule has 11 heteroatoms. The number of piperidine rings is 1. The quantitative estimate of drug-likeness (QED) is 0.529. The van der Waals surface area contributed by atoms with Crippen LogP contribution in [0.1, 0.15) is 31.6 Å². The van der Waals surface area contributed by atoms with Crippen molar-refractivity contribution in [3.05, 3.63) is 41.6 Å². The van der Waals surface area contributed by atoms with E-state index in [2.05, 4.69) is 15.5 Å². The van der Waals surface area contributed by atoms with Gasteiger partial charge in [-0.15, -0.1) is 11.3 Å². The van der Waals surface area contributed by atoms with Crippen LogP contribution < -0.4 is 10.1 Å². The second-order valence-corrected chi connectivity index (χ2v) is 10.2. The maximum Gasteiger partial charge on any atom is 0.243 e. The van der Waals surface area contributed by atoms with Gasteiger partial charge in [0.1, 0.15) is 5.75 Å². The number of anilines is 1. The minimum atomic E-state index is -3.63. The first-order valence-electron chi connectivity index (χ1n) is 10.3. The Bertz CT molecular complexity index is 1170. The van der Waals surface area contributed by atoms with Crippen molar-refractivity contribution >= 4 is 33.0 Å². The summed E-state index contributed by atoms with van der Waals surface area (Å²) in [5, 5.41) is 8.60. The zero-order chi connectivity index (χ0) is 22.6. The average Bonchev–Trinajstić information content (AvgIpc) is 3.50. The van der Waals surface area contributed by atoms with Gasteiger partial charge >= 0.3 is 0 Å². The summed E-state index contributed by atoms with van der Waals surface area (Å²) in [4.78, 5) is 17.9. The number of sulfonamides is 1. The summed E-state index contributed by atoms with van der Waals surface area (Å²) < 4.78 is 38.0. The standard InChI is InChI=1S/C21H24N4O5S2/c1-29-17-8-7-15(32(27,28)25-11-3-2-4-12-25)14-16(17)22-19(26)9-10-20-23-21(24-30-20)18-6-5-13-31-18/h5-8,13-14H,2-4,9-12H2,1H3,(H,22,26). The molecule has 3 heterocycles. The minimum absolute atomic E-state index is 0.0956. The second kappa shape index (κ2) is 9.80. The Morgan fingerprint density at radius 1 is 1.25 bits per heavy atom. The molecule has 0 radical (unpaired) electrons. The normalized spacial score (nSPS) is 14.9. The van der Waals surface area contributed by atoms with Crippen LogP contribution in [0.2, 0.25) is 0 Å². The van der Waals surface area contributed by atoms with Crippen LogP contribution in [-0.4, -0.2) is 49.0 Å². The highest BCUT2D eigenvalue weighted by Gasteiger charge is 2.27. The topological polar surface area (TPSA) is 115 Å². The van der Waals surface area contributed by atoms with Gasteiger partial charge in [-0.25, -0.2) is 8.42 Å². The number of carbonyl (C=O) groups excluding carboxylic acids is 1. The van der Waals surface area contributed by atoms with Crippen molar-refractivity contribution < 1.29 is 22.5 Å². The predicted molar refractivity (Wildman–Crippen MR) is 120 cm³/mol. The summed E-state index contributed by atoms with van der Waals surface area (Å²) >= 11 is 1.50. The maximum absolute atomic E-state index is 13.0. The zero-order valence-corrected chi connectivity index (χ0v) is 19.2. The first kappa shape index (κ1) is 22.4. The Labute approximate surface area is 190 Å². The largest absolute Gasteiger partial charge is 0.495 e. The van der Waals surface area contributed by atoms with Gasteiger partial charge < -0.3 is 14.6 Å². The number of ether oxygens (including phenoxy) is 1. The van der Waals surface area contributed by atoms with Gasteiger partial charge in [0.25, 0.3) is 0 Å². The molecule has 0 aliphatic carbocycles. The first-order valence-corrected chi connectivity index (χ1v) is 12.6. The molecule has 1 aliphatic heterocycles. The lowest BCUT2D eigenvalue weighted by molar-refractivity contribution is -0.116. The van der Waals surface area contributed by atoms with E-state index in [0.717, 1.165) is 24.1 Å². The predicted octanol–water partition coefficient (Wildman–Crippen LogP) is 3.55. The molecule has 1 amide bonds. The van der Waals surface area contributed by atoms with Gasteiger partial charge in [0.15, 0.2) is 0 Å². The van der Waals surface area contributed by atoms with E-state index in [1.165, 1.54) is 34.9 Å². The van der Waals surface area contributed by atoms with Crippen LogP contribution in [0, 0.1) is 0 Å². The summed E-state index contributed by atoms with van der Waals surface area (Å²) in [7, 11) is -2.16. The SMILES string of the molecule is COc1ccc(S(=O)(=O)N2CCCCC2)cc1NC(=O)CCc1nc(-c2cccs2)no1.